The topological polar surface area (TPSA) is 129 Å². The zero-order valence-corrected chi connectivity index (χ0v) is 17.2. The normalized spacial score (nSPS) is 10.8. The van der Waals surface area contributed by atoms with E-state index in [-0.39, 0.29) is 41.3 Å². The molecule has 0 bridgehead atoms. The zero-order chi connectivity index (χ0) is 21.1. The van der Waals surface area contributed by atoms with E-state index in [2.05, 4.69) is 15.3 Å². The van der Waals surface area contributed by atoms with Crippen LogP contribution in [0.15, 0.2) is 41.4 Å². The fourth-order valence-corrected chi connectivity index (χ4v) is 3.26. The molecule has 0 aliphatic rings. The second-order valence-corrected chi connectivity index (χ2v) is 6.57. The molecule has 0 aliphatic carbocycles. The molecule has 4 N–H and O–H groups in total. The number of primary amides is 1. The van der Waals surface area contributed by atoms with Gasteiger partial charge in [0.15, 0.2) is 17.3 Å². The maximum atomic E-state index is 13.1. The summed E-state index contributed by atoms with van der Waals surface area (Å²) in [5.41, 5.74) is 12.4. The average Bonchev–Trinajstić information content (AvgIpc) is 3.04. The lowest BCUT2D eigenvalue weighted by atomic mass is 9.97. The van der Waals surface area contributed by atoms with Crippen molar-refractivity contribution in [3.8, 4) is 0 Å². The molecule has 3 rings (SSSR count). The van der Waals surface area contributed by atoms with Crippen LogP contribution in [0.4, 0.5) is 10.2 Å². The van der Waals surface area contributed by atoms with Crippen molar-refractivity contribution >= 4 is 47.9 Å². The summed E-state index contributed by atoms with van der Waals surface area (Å²) in [7, 11) is 0. The Morgan fingerprint density at radius 2 is 1.93 bits per heavy atom. The average molecular weight is 451 g/mol. The van der Waals surface area contributed by atoms with Crippen LogP contribution in [0, 0.1) is 12.7 Å². The van der Waals surface area contributed by atoms with Crippen molar-refractivity contribution in [2.45, 2.75) is 13.5 Å². The molecule has 0 radical (unpaired) electrons. The van der Waals surface area contributed by atoms with Crippen molar-refractivity contribution in [2.24, 2.45) is 16.5 Å². The van der Waals surface area contributed by atoms with Crippen molar-refractivity contribution in [1.82, 2.24) is 15.0 Å². The maximum Gasteiger partial charge on any atom is 0.273 e. The van der Waals surface area contributed by atoms with Crippen LogP contribution in [0.2, 0.25) is 5.02 Å². The maximum absolute atomic E-state index is 13.1. The number of carbonyl (C=O) groups excluding carboxylic acids is 2. The Balaban J connectivity index is 0.00000320. The lowest BCUT2D eigenvalue weighted by Gasteiger charge is -2.11. The van der Waals surface area contributed by atoms with Crippen LogP contribution in [0.25, 0.3) is 0 Å². The highest BCUT2D eigenvalue weighted by Crippen LogP contribution is 2.27. The molecule has 0 fully saturated rings. The van der Waals surface area contributed by atoms with Gasteiger partial charge in [-0.05, 0) is 48.4 Å². The van der Waals surface area contributed by atoms with E-state index < -0.39 is 11.7 Å². The lowest BCUT2D eigenvalue weighted by Crippen LogP contribution is -2.12. The van der Waals surface area contributed by atoms with E-state index in [9.17, 15) is 14.0 Å². The Kier molecular flexibility index (Phi) is 7.25. The Hall–Kier alpha value is -3.30. The second kappa shape index (κ2) is 9.47. The third kappa shape index (κ3) is 4.64. The molecule has 1 heterocycles. The van der Waals surface area contributed by atoms with Gasteiger partial charge in [0.05, 0.1) is 17.9 Å². The monoisotopic (exact) mass is 450 g/mol. The summed E-state index contributed by atoms with van der Waals surface area (Å²) in [5, 5.41) is 7.82. The van der Waals surface area contributed by atoms with Crippen molar-refractivity contribution in [3.05, 3.63) is 75.2 Å². The SMILES string of the molecule is Cc1cc(Cn2nnc(C(N)=O)c2N=CN)cc(Cl)c1C(=O)c1ccc(F)cc1.Cl. The second-order valence-electron chi connectivity index (χ2n) is 6.17. The first-order valence-electron chi connectivity index (χ1n) is 8.38. The van der Waals surface area contributed by atoms with Gasteiger partial charge in [0.2, 0.25) is 0 Å². The summed E-state index contributed by atoms with van der Waals surface area (Å²) in [6, 6.07) is 8.59. The third-order valence-electron chi connectivity index (χ3n) is 4.15. The van der Waals surface area contributed by atoms with Crippen LogP contribution in [0.1, 0.15) is 37.5 Å². The number of nitrogens with zero attached hydrogens (tertiary/aromatic N) is 4. The highest BCUT2D eigenvalue weighted by atomic mass is 35.5. The van der Waals surface area contributed by atoms with Gasteiger partial charge in [-0.3, -0.25) is 9.59 Å². The first kappa shape index (κ1) is 23.0. The molecule has 8 nitrogen and oxygen atoms in total. The van der Waals surface area contributed by atoms with Gasteiger partial charge in [0, 0.05) is 11.1 Å². The number of aliphatic imine (C=N–C) groups is 1. The first-order valence-corrected chi connectivity index (χ1v) is 8.76. The van der Waals surface area contributed by atoms with Crippen LogP contribution in [0.3, 0.4) is 0 Å². The van der Waals surface area contributed by atoms with Gasteiger partial charge < -0.3 is 11.5 Å². The summed E-state index contributed by atoms with van der Waals surface area (Å²) in [6.45, 7) is 1.90. The van der Waals surface area contributed by atoms with Gasteiger partial charge in [-0.25, -0.2) is 14.1 Å². The number of amides is 1. The summed E-state index contributed by atoms with van der Waals surface area (Å²) in [4.78, 5) is 28.1. The fraction of sp³-hybridized carbons (Fsp3) is 0.105. The van der Waals surface area contributed by atoms with Crippen molar-refractivity contribution in [3.63, 3.8) is 0 Å². The molecule has 0 saturated heterocycles. The Bertz CT molecular complexity index is 1110. The van der Waals surface area contributed by atoms with Crippen LogP contribution in [0.5, 0.6) is 0 Å². The van der Waals surface area contributed by atoms with Gasteiger partial charge in [0.1, 0.15) is 5.82 Å². The Morgan fingerprint density at radius 1 is 1.27 bits per heavy atom. The smallest absolute Gasteiger partial charge is 0.273 e. The number of carbonyl (C=O) groups is 2. The molecule has 3 aromatic rings. The minimum absolute atomic E-state index is 0. The van der Waals surface area contributed by atoms with Gasteiger partial charge in [-0.2, -0.15) is 0 Å². The molecular weight excluding hydrogens is 434 g/mol. The van der Waals surface area contributed by atoms with Crippen molar-refractivity contribution < 1.29 is 14.0 Å². The predicted molar refractivity (Wildman–Crippen MR) is 113 cm³/mol. The number of aryl methyl sites for hydroxylation is 1. The molecule has 1 amide bonds. The molecule has 1 aromatic heterocycles. The largest absolute Gasteiger partial charge is 0.390 e. The molecule has 0 spiro atoms. The third-order valence-corrected chi connectivity index (χ3v) is 4.45. The minimum atomic E-state index is -0.786. The van der Waals surface area contributed by atoms with E-state index in [1.54, 1.807) is 19.1 Å². The number of halogens is 3. The molecule has 11 heteroatoms. The highest BCUT2D eigenvalue weighted by Gasteiger charge is 2.20. The van der Waals surface area contributed by atoms with E-state index in [0.717, 1.165) is 6.34 Å². The zero-order valence-electron chi connectivity index (χ0n) is 15.7. The number of aromatic nitrogens is 3. The molecule has 30 heavy (non-hydrogen) atoms. The Labute approximate surface area is 182 Å². The van der Waals surface area contributed by atoms with Crippen LogP contribution >= 0.6 is 24.0 Å². The number of ketones is 1. The fourth-order valence-electron chi connectivity index (χ4n) is 2.88. The summed E-state index contributed by atoms with van der Waals surface area (Å²) < 4.78 is 14.5. The quantitative estimate of drug-likeness (QED) is 0.338. The van der Waals surface area contributed by atoms with E-state index in [4.69, 9.17) is 23.1 Å². The standard InChI is InChI=1S/C19H16ClFN6O2.ClH/c1-10-6-11(8-27-19(24-9-22)16(18(23)29)25-26-27)7-14(20)15(10)17(28)12-2-4-13(21)5-3-12;/h2-7,9H,8H2,1H3,(H2,22,24)(H2,23,29);1H. The predicted octanol–water partition coefficient (Wildman–Crippen LogP) is 2.80. The number of nitrogens with two attached hydrogens (primary N) is 2. The molecule has 0 aliphatic heterocycles. The van der Waals surface area contributed by atoms with Gasteiger partial charge >= 0.3 is 0 Å². The molecule has 0 atom stereocenters. The number of benzene rings is 2. The van der Waals surface area contributed by atoms with Crippen molar-refractivity contribution in [2.75, 3.05) is 0 Å². The number of hydrogen-bond donors (Lipinski definition) is 2. The van der Waals surface area contributed by atoms with E-state index in [0.29, 0.717) is 22.3 Å². The minimum Gasteiger partial charge on any atom is -0.390 e. The van der Waals surface area contributed by atoms with E-state index >= 15 is 0 Å². The molecule has 2 aromatic carbocycles. The van der Waals surface area contributed by atoms with E-state index in [1.807, 2.05) is 0 Å². The molecular formula is C19H17Cl2FN6O2. The van der Waals surface area contributed by atoms with E-state index in [1.165, 1.54) is 28.9 Å². The van der Waals surface area contributed by atoms with Gasteiger partial charge in [0.25, 0.3) is 5.91 Å². The number of hydrogen-bond acceptors (Lipinski definition) is 5. The van der Waals surface area contributed by atoms with Crippen molar-refractivity contribution in [1.29, 1.82) is 0 Å². The first-order chi connectivity index (χ1) is 13.8. The summed E-state index contributed by atoms with van der Waals surface area (Å²) in [5.74, 6) is -1.42. The molecule has 0 unspecified atom stereocenters. The lowest BCUT2D eigenvalue weighted by molar-refractivity contribution is 0.0994. The van der Waals surface area contributed by atoms with Gasteiger partial charge in [-0.15, -0.1) is 17.5 Å². The summed E-state index contributed by atoms with van der Waals surface area (Å²) >= 11 is 6.37. The highest BCUT2D eigenvalue weighted by molar-refractivity contribution is 6.35. The van der Waals surface area contributed by atoms with Gasteiger partial charge in [-0.1, -0.05) is 22.9 Å². The number of rotatable bonds is 6. The van der Waals surface area contributed by atoms with Crippen LogP contribution in [-0.2, 0) is 6.54 Å². The molecule has 0 saturated carbocycles. The molecule has 156 valence electrons. The Morgan fingerprint density at radius 3 is 2.50 bits per heavy atom. The van der Waals surface area contributed by atoms with Crippen LogP contribution < -0.4 is 11.5 Å². The van der Waals surface area contributed by atoms with Crippen LogP contribution in [-0.4, -0.2) is 33.0 Å². The summed E-state index contributed by atoms with van der Waals surface area (Å²) in [6.07, 6.45) is 1.00.